The molecule has 1 heterocycles. The first-order chi connectivity index (χ1) is 9.62. The molecule has 20 heavy (non-hydrogen) atoms. The minimum Gasteiger partial charge on any atom is -0.497 e. The molecule has 1 aliphatic heterocycles. The smallest absolute Gasteiger partial charge is 0.119 e. The lowest BCUT2D eigenvalue weighted by molar-refractivity contribution is 0.233. The fraction of sp³-hybridized carbons (Fsp3) is 0.647. The number of benzene rings is 1. The Balaban J connectivity index is 1.96. The highest BCUT2D eigenvalue weighted by atomic mass is 16.5. The Bertz CT molecular complexity index is 429. The molecule has 2 N–H and O–H groups in total. The molecule has 0 radical (unpaired) electrons. The van der Waals surface area contributed by atoms with Gasteiger partial charge in [0.2, 0.25) is 0 Å². The average molecular weight is 276 g/mol. The number of likely N-dealkylation sites (tertiary alicyclic amines) is 1. The van der Waals surface area contributed by atoms with E-state index in [-0.39, 0.29) is 6.04 Å². The molecule has 3 nitrogen and oxygen atoms in total. The van der Waals surface area contributed by atoms with Crippen molar-refractivity contribution in [1.82, 2.24) is 4.90 Å². The van der Waals surface area contributed by atoms with Crippen molar-refractivity contribution < 1.29 is 4.74 Å². The Morgan fingerprint density at radius 3 is 2.70 bits per heavy atom. The Labute approximate surface area is 123 Å². The van der Waals surface area contributed by atoms with Crippen LogP contribution in [0.4, 0.5) is 0 Å². The highest BCUT2D eigenvalue weighted by Crippen LogP contribution is 2.37. The zero-order valence-corrected chi connectivity index (χ0v) is 13.1. The maximum absolute atomic E-state index is 6.37. The first kappa shape index (κ1) is 15.3. The molecule has 1 aromatic rings. The molecule has 0 aromatic heterocycles. The monoisotopic (exact) mass is 276 g/mol. The topological polar surface area (TPSA) is 38.5 Å². The summed E-state index contributed by atoms with van der Waals surface area (Å²) in [5.74, 6) is 0.885. The summed E-state index contributed by atoms with van der Waals surface area (Å²) in [4.78, 5) is 2.52. The molecule has 1 aliphatic rings. The molecule has 1 unspecified atom stereocenters. The molecule has 1 atom stereocenters. The van der Waals surface area contributed by atoms with E-state index in [1.54, 1.807) is 7.11 Å². The molecular formula is C17H28N2O. The second-order valence-corrected chi connectivity index (χ2v) is 6.08. The average Bonchev–Trinajstić information content (AvgIpc) is 2.91. The number of hydrogen-bond donors (Lipinski definition) is 1. The van der Waals surface area contributed by atoms with E-state index >= 15 is 0 Å². The number of ether oxygens (including phenoxy) is 1. The maximum Gasteiger partial charge on any atom is 0.119 e. The van der Waals surface area contributed by atoms with Gasteiger partial charge in [0, 0.05) is 19.1 Å². The van der Waals surface area contributed by atoms with Crippen LogP contribution in [0.3, 0.4) is 0 Å². The van der Waals surface area contributed by atoms with E-state index in [0.717, 1.165) is 17.9 Å². The van der Waals surface area contributed by atoms with E-state index in [0.29, 0.717) is 5.41 Å². The number of rotatable bonds is 6. The van der Waals surface area contributed by atoms with Crippen LogP contribution in [0.15, 0.2) is 24.3 Å². The maximum atomic E-state index is 6.37. The minimum atomic E-state index is 0.0645. The predicted molar refractivity (Wildman–Crippen MR) is 84.0 cm³/mol. The SMILES string of the molecule is CCC1(CC)CCN(CC(N)c2cccc(OC)c2)C1. The molecule has 3 heteroatoms. The van der Waals surface area contributed by atoms with Crippen LogP contribution in [0, 0.1) is 5.41 Å². The molecule has 0 saturated carbocycles. The highest BCUT2D eigenvalue weighted by Gasteiger charge is 2.35. The fourth-order valence-corrected chi connectivity index (χ4v) is 3.27. The van der Waals surface area contributed by atoms with Gasteiger partial charge in [-0.25, -0.2) is 0 Å². The summed E-state index contributed by atoms with van der Waals surface area (Å²) in [6.07, 6.45) is 3.85. The lowest BCUT2D eigenvalue weighted by atomic mass is 9.82. The first-order valence-corrected chi connectivity index (χ1v) is 7.74. The van der Waals surface area contributed by atoms with Gasteiger partial charge in [0.1, 0.15) is 5.75 Å². The van der Waals surface area contributed by atoms with E-state index in [1.807, 2.05) is 18.2 Å². The zero-order valence-electron chi connectivity index (χ0n) is 13.1. The molecule has 0 amide bonds. The summed E-state index contributed by atoms with van der Waals surface area (Å²) >= 11 is 0. The van der Waals surface area contributed by atoms with Crippen molar-refractivity contribution in [3.63, 3.8) is 0 Å². The zero-order chi connectivity index (χ0) is 14.6. The lowest BCUT2D eigenvalue weighted by Gasteiger charge is -2.27. The molecule has 1 fully saturated rings. The third-order valence-electron chi connectivity index (χ3n) is 4.99. The van der Waals surface area contributed by atoms with Crippen LogP contribution in [0.1, 0.15) is 44.7 Å². The van der Waals surface area contributed by atoms with E-state index in [2.05, 4.69) is 24.8 Å². The first-order valence-electron chi connectivity index (χ1n) is 7.74. The summed E-state index contributed by atoms with van der Waals surface area (Å²) in [6, 6.07) is 8.18. The van der Waals surface area contributed by atoms with Crippen LogP contribution in [0.5, 0.6) is 5.75 Å². The lowest BCUT2D eigenvalue weighted by Crippen LogP contribution is -2.32. The van der Waals surface area contributed by atoms with Crippen molar-refractivity contribution in [3.05, 3.63) is 29.8 Å². The van der Waals surface area contributed by atoms with Crippen molar-refractivity contribution in [2.24, 2.45) is 11.1 Å². The largest absolute Gasteiger partial charge is 0.497 e. The molecule has 2 rings (SSSR count). The van der Waals surface area contributed by atoms with Gasteiger partial charge < -0.3 is 15.4 Å². The Morgan fingerprint density at radius 2 is 2.10 bits per heavy atom. The Morgan fingerprint density at radius 1 is 1.35 bits per heavy atom. The van der Waals surface area contributed by atoms with E-state index in [1.165, 1.54) is 32.4 Å². The molecule has 1 saturated heterocycles. The standard InChI is InChI=1S/C17H28N2O/c1-4-17(5-2)9-10-19(13-17)12-16(18)14-7-6-8-15(11-14)20-3/h6-8,11,16H,4-5,9-10,12-13,18H2,1-3H3. The van der Waals surface area contributed by atoms with Gasteiger partial charge in [-0.1, -0.05) is 26.0 Å². The normalized spacial score (nSPS) is 20.0. The van der Waals surface area contributed by atoms with Crippen LogP contribution in [-0.2, 0) is 0 Å². The van der Waals surface area contributed by atoms with Gasteiger partial charge in [-0.3, -0.25) is 0 Å². The highest BCUT2D eigenvalue weighted by molar-refractivity contribution is 5.30. The van der Waals surface area contributed by atoms with Crippen LogP contribution in [0.25, 0.3) is 0 Å². The van der Waals surface area contributed by atoms with Crippen LogP contribution >= 0.6 is 0 Å². The molecule has 112 valence electrons. The van der Waals surface area contributed by atoms with Crippen LogP contribution < -0.4 is 10.5 Å². The van der Waals surface area contributed by atoms with Gasteiger partial charge in [-0.2, -0.15) is 0 Å². The van der Waals surface area contributed by atoms with Gasteiger partial charge in [-0.05, 0) is 48.9 Å². The molecule has 1 aromatic carbocycles. The van der Waals surface area contributed by atoms with Crippen molar-refractivity contribution in [3.8, 4) is 5.75 Å². The number of nitrogens with two attached hydrogens (primary N) is 1. The summed E-state index contributed by atoms with van der Waals surface area (Å²) in [7, 11) is 1.70. The number of methoxy groups -OCH3 is 1. The molecule has 0 aliphatic carbocycles. The van der Waals surface area contributed by atoms with Crippen molar-refractivity contribution >= 4 is 0 Å². The molecular weight excluding hydrogens is 248 g/mol. The molecule has 0 bridgehead atoms. The van der Waals surface area contributed by atoms with Crippen LogP contribution in [0.2, 0.25) is 0 Å². The van der Waals surface area contributed by atoms with Gasteiger partial charge in [0.25, 0.3) is 0 Å². The molecule has 0 spiro atoms. The van der Waals surface area contributed by atoms with Gasteiger partial charge in [0.05, 0.1) is 7.11 Å². The summed E-state index contributed by atoms with van der Waals surface area (Å²) < 4.78 is 5.27. The van der Waals surface area contributed by atoms with E-state index < -0.39 is 0 Å². The third-order valence-corrected chi connectivity index (χ3v) is 4.99. The fourth-order valence-electron chi connectivity index (χ4n) is 3.27. The third kappa shape index (κ3) is 3.33. The van der Waals surface area contributed by atoms with Gasteiger partial charge in [0.15, 0.2) is 0 Å². The van der Waals surface area contributed by atoms with E-state index in [4.69, 9.17) is 10.5 Å². The summed E-state index contributed by atoms with van der Waals surface area (Å²) in [5.41, 5.74) is 8.06. The van der Waals surface area contributed by atoms with Gasteiger partial charge >= 0.3 is 0 Å². The van der Waals surface area contributed by atoms with Gasteiger partial charge in [-0.15, -0.1) is 0 Å². The van der Waals surface area contributed by atoms with Crippen molar-refractivity contribution in [2.75, 3.05) is 26.7 Å². The predicted octanol–water partition coefficient (Wildman–Crippen LogP) is 3.21. The number of nitrogens with zero attached hydrogens (tertiary/aromatic N) is 1. The van der Waals surface area contributed by atoms with Crippen LogP contribution in [-0.4, -0.2) is 31.6 Å². The van der Waals surface area contributed by atoms with E-state index in [9.17, 15) is 0 Å². The Hall–Kier alpha value is -1.06. The quantitative estimate of drug-likeness (QED) is 0.867. The summed E-state index contributed by atoms with van der Waals surface area (Å²) in [5, 5.41) is 0. The Kier molecular flexibility index (Phi) is 5.06. The second-order valence-electron chi connectivity index (χ2n) is 6.08. The second kappa shape index (κ2) is 6.59. The minimum absolute atomic E-state index is 0.0645. The van der Waals surface area contributed by atoms with Crippen molar-refractivity contribution in [2.45, 2.75) is 39.2 Å². The van der Waals surface area contributed by atoms with Crippen molar-refractivity contribution in [1.29, 1.82) is 0 Å². The number of hydrogen-bond acceptors (Lipinski definition) is 3. The summed E-state index contributed by atoms with van der Waals surface area (Å²) in [6.45, 7) is 7.94.